The van der Waals surface area contributed by atoms with E-state index in [1.54, 1.807) is 18.2 Å². The van der Waals surface area contributed by atoms with Crippen molar-refractivity contribution < 1.29 is 19.1 Å². The van der Waals surface area contributed by atoms with E-state index in [1.807, 2.05) is 32.0 Å². The fraction of sp³-hybridized carbons (Fsp3) is 0.154. The molecule has 2 N–H and O–H groups in total. The van der Waals surface area contributed by atoms with E-state index in [9.17, 15) is 14.4 Å². The Morgan fingerprint density at radius 1 is 1.03 bits per heavy atom. The van der Waals surface area contributed by atoms with Gasteiger partial charge in [0.05, 0.1) is 10.0 Å². The normalized spacial score (nSPS) is 14.8. The van der Waals surface area contributed by atoms with Crippen molar-refractivity contribution in [1.29, 1.82) is 0 Å². The van der Waals surface area contributed by atoms with E-state index in [2.05, 4.69) is 31.7 Å². The summed E-state index contributed by atoms with van der Waals surface area (Å²) in [6.45, 7) is 3.68. The van der Waals surface area contributed by atoms with Gasteiger partial charge in [-0.15, -0.1) is 5.10 Å². The maximum Gasteiger partial charge on any atom is 0.269 e. The Kier molecular flexibility index (Phi) is 8.62. The molecule has 0 aliphatic carbocycles. The number of nitrogens with one attached hydrogen (secondary N) is 2. The lowest BCUT2D eigenvalue weighted by molar-refractivity contribution is -0.118. The summed E-state index contributed by atoms with van der Waals surface area (Å²) in [6.07, 6.45) is 0. The number of hydrogen-bond acceptors (Lipinski definition) is 5. The van der Waals surface area contributed by atoms with Crippen LogP contribution in [-0.2, 0) is 9.59 Å². The van der Waals surface area contributed by atoms with Crippen LogP contribution in [-0.4, -0.2) is 35.0 Å². The van der Waals surface area contributed by atoms with Crippen LogP contribution in [0.25, 0.3) is 0 Å². The molecule has 12 heteroatoms. The zero-order valence-electron chi connectivity index (χ0n) is 20.0. The molecule has 0 saturated heterocycles. The average molecular weight is 639 g/mol. The highest BCUT2D eigenvalue weighted by molar-refractivity contribution is 9.10. The van der Waals surface area contributed by atoms with E-state index in [0.717, 1.165) is 16.1 Å². The van der Waals surface area contributed by atoms with Gasteiger partial charge in [0, 0.05) is 16.3 Å². The van der Waals surface area contributed by atoms with Crippen LogP contribution in [0.1, 0.15) is 21.5 Å². The van der Waals surface area contributed by atoms with Crippen molar-refractivity contribution in [2.45, 2.75) is 18.7 Å². The molecule has 0 spiro atoms. The number of rotatable bonds is 6. The molecule has 4 rings (SSSR count). The number of nitrogens with zero attached hydrogens (tertiary/aromatic N) is 2. The van der Waals surface area contributed by atoms with Crippen LogP contribution in [0.4, 0.5) is 11.4 Å². The molecule has 196 valence electrons. The molecule has 0 saturated carbocycles. The number of hydrazone groups is 1. The van der Waals surface area contributed by atoms with Crippen molar-refractivity contribution in [1.82, 2.24) is 5.32 Å². The first-order valence-corrected chi connectivity index (χ1v) is 13.2. The summed E-state index contributed by atoms with van der Waals surface area (Å²) in [6, 6.07) is 14.8. The lowest BCUT2D eigenvalue weighted by Crippen LogP contribution is -2.37. The molecule has 38 heavy (non-hydrogen) atoms. The standard InChI is InChI=1S/C26H20BrCl3N4O4/c1-13-6-7-20(14(2)8-13)38-12-21(35)31-17-5-3-4-15(9-17)25(36)32-24-22(27)26(37)34(33-24)23-18(29)10-16(28)11-19(23)30/h3-11,22H,12H2,1-2H3,(H,31,35)(H,32,33,36). The van der Waals surface area contributed by atoms with Crippen molar-refractivity contribution in [2.24, 2.45) is 5.10 Å². The van der Waals surface area contributed by atoms with Gasteiger partial charge in [0.15, 0.2) is 17.3 Å². The number of carbonyl (C=O) groups excluding carboxylic acids is 3. The summed E-state index contributed by atoms with van der Waals surface area (Å²) in [5.74, 6) is -0.778. The lowest BCUT2D eigenvalue weighted by Gasteiger charge is -2.15. The number of halogens is 4. The summed E-state index contributed by atoms with van der Waals surface area (Å²) in [5, 5.41) is 11.1. The van der Waals surface area contributed by atoms with Gasteiger partial charge < -0.3 is 15.4 Å². The van der Waals surface area contributed by atoms with Gasteiger partial charge in [-0.3, -0.25) is 14.4 Å². The van der Waals surface area contributed by atoms with Crippen LogP contribution in [0.2, 0.25) is 15.1 Å². The first-order valence-electron chi connectivity index (χ1n) is 11.2. The second-order valence-corrected chi connectivity index (χ2v) is 10.5. The molecule has 3 aromatic carbocycles. The number of alkyl halides is 1. The van der Waals surface area contributed by atoms with Gasteiger partial charge in [0.25, 0.3) is 17.7 Å². The number of ether oxygens (including phenoxy) is 1. The highest BCUT2D eigenvalue weighted by Crippen LogP contribution is 2.39. The van der Waals surface area contributed by atoms with E-state index in [-0.39, 0.29) is 39.6 Å². The summed E-state index contributed by atoms with van der Waals surface area (Å²) in [4.78, 5) is 37.2. The van der Waals surface area contributed by atoms with Gasteiger partial charge in [-0.05, 0) is 55.8 Å². The Balaban J connectivity index is 1.43. The number of amidine groups is 1. The molecule has 1 aliphatic rings. The van der Waals surface area contributed by atoms with Crippen LogP contribution in [0, 0.1) is 13.8 Å². The predicted molar refractivity (Wildman–Crippen MR) is 153 cm³/mol. The molecule has 0 fully saturated rings. The van der Waals surface area contributed by atoms with Crippen molar-refractivity contribution in [3.05, 3.63) is 86.4 Å². The molecular formula is C26H20BrCl3N4O4. The molecule has 8 nitrogen and oxygen atoms in total. The van der Waals surface area contributed by atoms with Crippen LogP contribution >= 0.6 is 50.7 Å². The third-order valence-electron chi connectivity index (χ3n) is 5.41. The maximum absolute atomic E-state index is 12.9. The van der Waals surface area contributed by atoms with Gasteiger partial charge in [-0.2, -0.15) is 5.01 Å². The third kappa shape index (κ3) is 6.30. The van der Waals surface area contributed by atoms with E-state index in [0.29, 0.717) is 16.5 Å². The minimum Gasteiger partial charge on any atom is -0.483 e. The SMILES string of the molecule is Cc1ccc(OCC(=O)Nc2cccc(C(=O)NC3=NN(c4c(Cl)cc(Cl)cc4Cl)C(=O)C3Br)c2)c(C)c1. The van der Waals surface area contributed by atoms with Crippen LogP contribution in [0.15, 0.2) is 59.7 Å². The van der Waals surface area contributed by atoms with E-state index in [4.69, 9.17) is 39.5 Å². The smallest absolute Gasteiger partial charge is 0.269 e. The Morgan fingerprint density at radius 3 is 2.42 bits per heavy atom. The van der Waals surface area contributed by atoms with Gasteiger partial charge in [-0.1, -0.05) is 74.5 Å². The summed E-state index contributed by atoms with van der Waals surface area (Å²) in [5.41, 5.74) is 2.79. The summed E-state index contributed by atoms with van der Waals surface area (Å²) < 4.78 is 5.61. The van der Waals surface area contributed by atoms with Crippen molar-refractivity contribution in [3.8, 4) is 5.75 Å². The van der Waals surface area contributed by atoms with Crippen LogP contribution in [0.5, 0.6) is 5.75 Å². The minimum absolute atomic E-state index is 0.0402. The molecule has 0 radical (unpaired) electrons. The molecule has 3 amide bonds. The van der Waals surface area contributed by atoms with Gasteiger partial charge in [-0.25, -0.2) is 0 Å². The van der Waals surface area contributed by atoms with Gasteiger partial charge >= 0.3 is 0 Å². The minimum atomic E-state index is -0.945. The largest absolute Gasteiger partial charge is 0.483 e. The number of carbonyl (C=O) groups is 3. The maximum atomic E-state index is 12.9. The molecule has 0 aromatic heterocycles. The molecule has 1 unspecified atom stereocenters. The van der Waals surface area contributed by atoms with E-state index < -0.39 is 16.6 Å². The Bertz CT molecular complexity index is 1460. The van der Waals surface area contributed by atoms with Crippen molar-refractivity contribution in [3.63, 3.8) is 0 Å². The lowest BCUT2D eigenvalue weighted by atomic mass is 10.1. The number of anilines is 2. The van der Waals surface area contributed by atoms with Gasteiger partial charge in [0.2, 0.25) is 0 Å². The van der Waals surface area contributed by atoms with Crippen LogP contribution in [0.3, 0.4) is 0 Å². The number of hydrogen-bond donors (Lipinski definition) is 2. The van der Waals surface area contributed by atoms with E-state index in [1.165, 1.54) is 18.2 Å². The van der Waals surface area contributed by atoms with Crippen molar-refractivity contribution in [2.75, 3.05) is 16.9 Å². The Hall–Kier alpha value is -3.11. The molecule has 0 bridgehead atoms. The Labute approximate surface area is 242 Å². The number of aryl methyl sites for hydroxylation is 2. The monoisotopic (exact) mass is 636 g/mol. The van der Waals surface area contributed by atoms with Crippen LogP contribution < -0.4 is 20.4 Å². The molecular weight excluding hydrogens is 619 g/mol. The predicted octanol–water partition coefficient (Wildman–Crippen LogP) is 6.13. The fourth-order valence-electron chi connectivity index (χ4n) is 3.65. The highest BCUT2D eigenvalue weighted by Gasteiger charge is 2.38. The summed E-state index contributed by atoms with van der Waals surface area (Å²) in [7, 11) is 0. The summed E-state index contributed by atoms with van der Waals surface area (Å²) >= 11 is 21.7. The van der Waals surface area contributed by atoms with E-state index >= 15 is 0 Å². The highest BCUT2D eigenvalue weighted by atomic mass is 79.9. The quantitative estimate of drug-likeness (QED) is 0.317. The Morgan fingerprint density at radius 2 is 1.74 bits per heavy atom. The third-order valence-corrected chi connectivity index (χ3v) is 7.03. The first-order chi connectivity index (χ1) is 18.0. The van der Waals surface area contributed by atoms with Crippen molar-refractivity contribution >= 4 is 85.7 Å². The second-order valence-electron chi connectivity index (χ2n) is 8.36. The first kappa shape index (κ1) is 27.9. The number of amides is 3. The average Bonchev–Trinajstić information content (AvgIpc) is 3.11. The second kappa shape index (κ2) is 11.7. The molecule has 1 aliphatic heterocycles. The van der Waals surface area contributed by atoms with Gasteiger partial charge in [0.1, 0.15) is 11.4 Å². The zero-order valence-corrected chi connectivity index (χ0v) is 23.9. The number of benzene rings is 3. The zero-order chi connectivity index (χ0) is 27.6. The molecule has 1 atom stereocenters. The molecule has 1 heterocycles. The fourth-order valence-corrected chi connectivity index (χ4v) is 5.02. The molecule has 3 aromatic rings. The topological polar surface area (TPSA) is 100 Å².